The summed E-state index contributed by atoms with van der Waals surface area (Å²) in [5, 5.41) is 1.89. The lowest BCUT2D eigenvalue weighted by Gasteiger charge is -2.34. The van der Waals surface area contributed by atoms with E-state index in [2.05, 4.69) is 17.9 Å². The second-order valence-corrected chi connectivity index (χ2v) is 7.27. The summed E-state index contributed by atoms with van der Waals surface area (Å²) in [6, 6.07) is 8.13. The summed E-state index contributed by atoms with van der Waals surface area (Å²) in [5.41, 5.74) is 3.03. The van der Waals surface area contributed by atoms with E-state index < -0.39 is 0 Å². The zero-order valence-corrected chi connectivity index (χ0v) is 14.7. The Bertz CT molecular complexity index is 780. The van der Waals surface area contributed by atoms with Crippen molar-refractivity contribution in [2.24, 2.45) is 5.92 Å². The number of hydrogen-bond acceptors (Lipinski definition) is 3. The maximum Gasteiger partial charge on any atom is 0.225 e. The van der Waals surface area contributed by atoms with Gasteiger partial charge in [-0.25, -0.2) is 4.98 Å². The monoisotopic (exact) mass is 343 g/mol. The van der Waals surface area contributed by atoms with Crippen LogP contribution in [-0.4, -0.2) is 46.9 Å². The van der Waals surface area contributed by atoms with Gasteiger partial charge in [-0.1, -0.05) is 29.8 Å². The molecular formula is C19H22ClN3O. The average molecular weight is 344 g/mol. The van der Waals surface area contributed by atoms with Gasteiger partial charge < -0.3 is 4.90 Å². The molecule has 0 radical (unpaired) electrons. The predicted molar refractivity (Wildman–Crippen MR) is 96.1 cm³/mol. The number of piperazine rings is 1. The summed E-state index contributed by atoms with van der Waals surface area (Å²) in [6.45, 7) is 6.22. The summed E-state index contributed by atoms with van der Waals surface area (Å²) >= 11 is 6.57. The predicted octanol–water partition coefficient (Wildman–Crippen LogP) is 3.25. The van der Waals surface area contributed by atoms with Crippen LogP contribution >= 0.6 is 11.6 Å². The lowest BCUT2D eigenvalue weighted by atomic mass is 10.1. The van der Waals surface area contributed by atoms with Gasteiger partial charge in [-0.2, -0.15) is 0 Å². The van der Waals surface area contributed by atoms with Gasteiger partial charge in [0, 0.05) is 44.0 Å². The smallest absolute Gasteiger partial charge is 0.225 e. The summed E-state index contributed by atoms with van der Waals surface area (Å²) in [5.74, 6) is 0.670. The normalized spacial score (nSPS) is 19.0. The molecule has 1 aliphatic heterocycles. The Morgan fingerprint density at radius 2 is 1.92 bits per heavy atom. The topological polar surface area (TPSA) is 36.4 Å². The first-order valence-corrected chi connectivity index (χ1v) is 9.06. The molecular weight excluding hydrogens is 322 g/mol. The SMILES string of the molecule is Cc1c(Cl)c(CN2CCN(C(=O)C3CC3)CC2)nc2ccccc12. The molecule has 0 atom stereocenters. The minimum absolute atomic E-state index is 0.316. The Morgan fingerprint density at radius 1 is 1.21 bits per heavy atom. The number of fused-ring (bicyclic) bond motifs is 1. The molecule has 0 unspecified atom stereocenters. The van der Waals surface area contributed by atoms with E-state index >= 15 is 0 Å². The highest BCUT2D eigenvalue weighted by atomic mass is 35.5. The van der Waals surface area contributed by atoms with Crippen LogP contribution in [0.1, 0.15) is 24.1 Å². The molecule has 1 amide bonds. The molecule has 0 N–H and O–H groups in total. The van der Waals surface area contributed by atoms with Crippen LogP contribution < -0.4 is 0 Å². The van der Waals surface area contributed by atoms with Crippen molar-refractivity contribution in [2.75, 3.05) is 26.2 Å². The van der Waals surface area contributed by atoms with Crippen molar-refractivity contribution < 1.29 is 4.79 Å². The van der Waals surface area contributed by atoms with E-state index in [4.69, 9.17) is 16.6 Å². The van der Waals surface area contributed by atoms with Crippen molar-refractivity contribution in [3.05, 3.63) is 40.5 Å². The van der Waals surface area contributed by atoms with Crippen molar-refractivity contribution in [1.29, 1.82) is 0 Å². The van der Waals surface area contributed by atoms with Crippen LogP contribution in [0, 0.1) is 12.8 Å². The molecule has 0 spiro atoms. The Morgan fingerprint density at radius 3 is 2.62 bits per heavy atom. The van der Waals surface area contributed by atoms with Gasteiger partial charge in [0.2, 0.25) is 5.91 Å². The van der Waals surface area contributed by atoms with E-state index in [0.717, 1.165) is 72.7 Å². The molecule has 5 heteroatoms. The van der Waals surface area contributed by atoms with Crippen molar-refractivity contribution in [3.8, 4) is 0 Å². The molecule has 24 heavy (non-hydrogen) atoms. The second-order valence-electron chi connectivity index (χ2n) is 6.89. The summed E-state index contributed by atoms with van der Waals surface area (Å²) in [7, 11) is 0. The Labute approximate surface area is 147 Å². The quantitative estimate of drug-likeness (QED) is 0.858. The van der Waals surface area contributed by atoms with Gasteiger partial charge in [0.25, 0.3) is 0 Å². The summed E-state index contributed by atoms with van der Waals surface area (Å²) in [6.07, 6.45) is 2.16. The van der Waals surface area contributed by atoms with E-state index in [1.807, 2.05) is 23.1 Å². The third-order valence-electron chi connectivity index (χ3n) is 5.13. The third kappa shape index (κ3) is 3.01. The van der Waals surface area contributed by atoms with E-state index in [1.165, 1.54) is 0 Å². The fourth-order valence-electron chi connectivity index (χ4n) is 3.45. The van der Waals surface area contributed by atoms with E-state index in [9.17, 15) is 4.79 Å². The number of aryl methyl sites for hydroxylation is 1. The van der Waals surface area contributed by atoms with Gasteiger partial charge in [-0.05, 0) is 31.4 Å². The number of carbonyl (C=O) groups is 1. The van der Waals surface area contributed by atoms with Crippen LogP contribution in [0.4, 0.5) is 0 Å². The van der Waals surface area contributed by atoms with Gasteiger partial charge in [0.05, 0.1) is 16.2 Å². The highest BCUT2D eigenvalue weighted by Crippen LogP contribution is 2.31. The second kappa shape index (κ2) is 6.34. The van der Waals surface area contributed by atoms with Crippen molar-refractivity contribution in [3.63, 3.8) is 0 Å². The van der Waals surface area contributed by atoms with Gasteiger partial charge in [-0.15, -0.1) is 0 Å². The number of halogens is 1. The molecule has 1 saturated heterocycles. The van der Waals surface area contributed by atoms with Crippen molar-refractivity contribution in [2.45, 2.75) is 26.3 Å². The number of benzene rings is 1. The fraction of sp³-hybridized carbons (Fsp3) is 0.474. The molecule has 1 saturated carbocycles. The van der Waals surface area contributed by atoms with Crippen LogP contribution in [0.25, 0.3) is 10.9 Å². The average Bonchev–Trinajstić information content (AvgIpc) is 3.45. The fourth-order valence-corrected chi connectivity index (χ4v) is 3.65. The Hall–Kier alpha value is -1.65. The Kier molecular flexibility index (Phi) is 4.19. The third-order valence-corrected chi connectivity index (χ3v) is 5.63. The van der Waals surface area contributed by atoms with Gasteiger partial charge >= 0.3 is 0 Å². The molecule has 2 aliphatic rings. The van der Waals surface area contributed by atoms with Crippen LogP contribution in [0.3, 0.4) is 0 Å². The maximum absolute atomic E-state index is 12.1. The summed E-state index contributed by atoms with van der Waals surface area (Å²) < 4.78 is 0. The number of para-hydroxylation sites is 1. The molecule has 2 heterocycles. The van der Waals surface area contributed by atoms with Gasteiger partial charge in [0.15, 0.2) is 0 Å². The zero-order chi connectivity index (χ0) is 16.7. The van der Waals surface area contributed by atoms with Crippen LogP contribution in [0.2, 0.25) is 5.02 Å². The van der Waals surface area contributed by atoms with Gasteiger partial charge in [0.1, 0.15) is 0 Å². The highest BCUT2D eigenvalue weighted by molar-refractivity contribution is 6.32. The summed E-state index contributed by atoms with van der Waals surface area (Å²) in [4.78, 5) is 21.3. The highest BCUT2D eigenvalue weighted by Gasteiger charge is 2.34. The number of nitrogens with zero attached hydrogens (tertiary/aromatic N) is 3. The zero-order valence-electron chi connectivity index (χ0n) is 14.0. The number of pyridine rings is 1. The first-order valence-electron chi connectivity index (χ1n) is 8.68. The lowest BCUT2D eigenvalue weighted by molar-refractivity contribution is -0.134. The molecule has 0 bridgehead atoms. The number of amides is 1. The number of carbonyl (C=O) groups excluding carboxylic acids is 1. The largest absolute Gasteiger partial charge is 0.340 e. The number of hydrogen-bond donors (Lipinski definition) is 0. The minimum Gasteiger partial charge on any atom is -0.340 e. The molecule has 1 aromatic carbocycles. The molecule has 2 aromatic rings. The lowest BCUT2D eigenvalue weighted by Crippen LogP contribution is -2.48. The van der Waals surface area contributed by atoms with Crippen molar-refractivity contribution in [1.82, 2.24) is 14.8 Å². The first-order chi connectivity index (χ1) is 11.6. The number of aromatic nitrogens is 1. The molecule has 4 nitrogen and oxygen atoms in total. The maximum atomic E-state index is 12.1. The standard InChI is InChI=1S/C19H22ClN3O/c1-13-15-4-2-3-5-16(15)21-17(18(13)20)12-22-8-10-23(11-9-22)19(24)14-6-7-14/h2-5,14H,6-12H2,1H3. The molecule has 1 aromatic heterocycles. The molecule has 2 fully saturated rings. The van der Waals surface area contributed by atoms with E-state index in [1.54, 1.807) is 0 Å². The molecule has 4 rings (SSSR count). The molecule has 126 valence electrons. The Balaban J connectivity index is 1.47. The minimum atomic E-state index is 0.316. The molecule has 1 aliphatic carbocycles. The van der Waals surface area contributed by atoms with Crippen molar-refractivity contribution >= 4 is 28.4 Å². The van der Waals surface area contributed by atoms with Crippen LogP contribution in [-0.2, 0) is 11.3 Å². The van der Waals surface area contributed by atoms with Crippen LogP contribution in [0.5, 0.6) is 0 Å². The van der Waals surface area contributed by atoms with Gasteiger partial charge in [-0.3, -0.25) is 9.69 Å². The first kappa shape index (κ1) is 15.9. The van der Waals surface area contributed by atoms with Crippen LogP contribution in [0.15, 0.2) is 24.3 Å². The van der Waals surface area contributed by atoms with E-state index in [0.29, 0.717) is 11.8 Å². The number of rotatable bonds is 3. The van der Waals surface area contributed by atoms with E-state index in [-0.39, 0.29) is 0 Å².